The van der Waals surface area contributed by atoms with E-state index in [-0.39, 0.29) is 24.0 Å². The van der Waals surface area contributed by atoms with Crippen LogP contribution in [0, 0.1) is 11.8 Å². The summed E-state index contributed by atoms with van der Waals surface area (Å²) in [6.07, 6.45) is 7.69. The predicted octanol–water partition coefficient (Wildman–Crippen LogP) is 5.60. The molecule has 0 aliphatic heterocycles. The van der Waals surface area contributed by atoms with Gasteiger partial charge < -0.3 is 5.11 Å². The van der Waals surface area contributed by atoms with E-state index in [9.17, 15) is 14.4 Å². The smallest absolute Gasteiger partial charge is 0.303 e. The Morgan fingerprint density at radius 1 is 1.19 bits per heavy atom. The first-order valence-corrected chi connectivity index (χ1v) is 10.0. The molecule has 1 aliphatic rings. The fourth-order valence-electron chi connectivity index (χ4n) is 3.85. The van der Waals surface area contributed by atoms with Gasteiger partial charge in [-0.1, -0.05) is 48.5 Å². The van der Waals surface area contributed by atoms with Crippen LogP contribution in [-0.4, -0.2) is 23.1 Å². The van der Waals surface area contributed by atoms with Crippen molar-refractivity contribution in [2.45, 2.75) is 51.4 Å². The number of Topliss-reactive ketones (excluding diaryl/α,β-unsaturated/α-hetero) is 1. The highest BCUT2D eigenvalue weighted by Gasteiger charge is 2.37. The third kappa shape index (κ3) is 6.18. The molecule has 146 valence electrons. The summed E-state index contributed by atoms with van der Waals surface area (Å²) < 4.78 is 0. The minimum Gasteiger partial charge on any atom is -0.481 e. The van der Waals surface area contributed by atoms with E-state index in [1.54, 1.807) is 18.2 Å². The highest BCUT2D eigenvalue weighted by atomic mass is 35.5. The Morgan fingerprint density at radius 2 is 1.93 bits per heavy atom. The molecule has 0 amide bonds. The van der Waals surface area contributed by atoms with E-state index in [1.165, 1.54) is 6.08 Å². The van der Waals surface area contributed by atoms with Crippen LogP contribution in [0.1, 0.15) is 56.9 Å². The van der Waals surface area contributed by atoms with Gasteiger partial charge in [-0.25, -0.2) is 0 Å². The number of ketones is 1. The minimum atomic E-state index is -0.774. The van der Waals surface area contributed by atoms with Crippen LogP contribution in [0.15, 0.2) is 24.3 Å². The van der Waals surface area contributed by atoms with Crippen LogP contribution in [0.3, 0.4) is 0 Å². The molecular formula is C21H24Cl2O4. The van der Waals surface area contributed by atoms with Gasteiger partial charge in [0.1, 0.15) is 12.1 Å². The van der Waals surface area contributed by atoms with E-state index >= 15 is 0 Å². The SMILES string of the molecule is O=CC=C(c1ccc(Cl)cc1Cl)C1CCC(=O)C1CCCCCCC(=O)O. The first kappa shape index (κ1) is 21.6. The molecule has 0 spiro atoms. The molecule has 1 fully saturated rings. The molecule has 1 aliphatic carbocycles. The van der Waals surface area contributed by atoms with Gasteiger partial charge >= 0.3 is 5.97 Å². The van der Waals surface area contributed by atoms with Crippen molar-refractivity contribution in [1.82, 2.24) is 0 Å². The van der Waals surface area contributed by atoms with Gasteiger partial charge in [0.25, 0.3) is 0 Å². The maximum Gasteiger partial charge on any atom is 0.303 e. The second-order valence-corrected chi connectivity index (χ2v) is 7.79. The molecule has 27 heavy (non-hydrogen) atoms. The molecule has 1 aromatic carbocycles. The standard InChI is InChI=1S/C21H24Cl2O4/c22-14-7-8-17(19(23)13-14)16(11-12-24)15-9-10-20(25)18(15)5-3-1-2-4-6-21(26)27/h7-8,11-13,15,18H,1-6,9-10H2,(H,26,27). The lowest BCUT2D eigenvalue weighted by Gasteiger charge is -2.22. The van der Waals surface area contributed by atoms with Gasteiger partial charge in [0.05, 0.1) is 0 Å². The predicted molar refractivity (Wildman–Crippen MR) is 107 cm³/mol. The number of hydrogen-bond donors (Lipinski definition) is 1. The first-order valence-electron chi connectivity index (χ1n) is 9.29. The van der Waals surface area contributed by atoms with E-state index in [4.69, 9.17) is 28.3 Å². The third-order valence-corrected chi connectivity index (χ3v) is 5.69. The van der Waals surface area contributed by atoms with Crippen molar-refractivity contribution in [2.75, 3.05) is 0 Å². The van der Waals surface area contributed by atoms with Gasteiger partial charge in [0, 0.05) is 28.8 Å². The summed E-state index contributed by atoms with van der Waals surface area (Å²) in [6, 6.07) is 5.17. The Bertz CT molecular complexity index is 727. The lowest BCUT2D eigenvalue weighted by molar-refractivity contribution is -0.137. The highest BCUT2D eigenvalue weighted by Crippen LogP contribution is 2.43. The molecule has 0 aromatic heterocycles. The Labute approximate surface area is 169 Å². The molecule has 1 N–H and O–H groups in total. The van der Waals surface area contributed by atoms with Gasteiger partial charge in [-0.05, 0) is 54.5 Å². The monoisotopic (exact) mass is 410 g/mol. The minimum absolute atomic E-state index is 0.0274. The van der Waals surface area contributed by atoms with Crippen LogP contribution < -0.4 is 0 Å². The van der Waals surface area contributed by atoms with Crippen molar-refractivity contribution in [3.8, 4) is 0 Å². The van der Waals surface area contributed by atoms with Crippen LogP contribution in [0.25, 0.3) is 5.57 Å². The zero-order chi connectivity index (χ0) is 19.8. The number of carboxylic acid groups (broad SMARTS) is 1. The summed E-state index contributed by atoms with van der Waals surface area (Å²) >= 11 is 12.3. The molecule has 6 heteroatoms. The average Bonchev–Trinajstić information content (AvgIpc) is 2.97. The molecule has 2 atom stereocenters. The van der Waals surface area contributed by atoms with Crippen molar-refractivity contribution >= 4 is 46.8 Å². The van der Waals surface area contributed by atoms with E-state index in [1.807, 2.05) is 0 Å². The molecule has 1 saturated carbocycles. The summed E-state index contributed by atoms with van der Waals surface area (Å²) in [4.78, 5) is 34.2. The molecule has 2 rings (SSSR count). The first-order chi connectivity index (χ1) is 12.9. The summed E-state index contributed by atoms with van der Waals surface area (Å²) in [5, 5.41) is 9.67. The van der Waals surface area contributed by atoms with Crippen molar-refractivity contribution in [3.05, 3.63) is 39.9 Å². The summed E-state index contributed by atoms with van der Waals surface area (Å²) in [5.74, 6) is -0.695. The van der Waals surface area contributed by atoms with E-state index in [0.29, 0.717) is 29.3 Å². The van der Waals surface area contributed by atoms with Gasteiger partial charge in [-0.2, -0.15) is 0 Å². The van der Waals surface area contributed by atoms with Crippen LogP contribution >= 0.6 is 23.2 Å². The highest BCUT2D eigenvalue weighted by molar-refractivity contribution is 6.35. The normalized spacial score (nSPS) is 20.1. The number of allylic oxidation sites excluding steroid dienone is 2. The molecule has 0 saturated heterocycles. The summed E-state index contributed by atoms with van der Waals surface area (Å²) in [5.41, 5.74) is 1.55. The number of aliphatic carboxylic acids is 1. The lowest BCUT2D eigenvalue weighted by Crippen LogP contribution is -2.16. The zero-order valence-corrected chi connectivity index (χ0v) is 16.6. The van der Waals surface area contributed by atoms with Crippen molar-refractivity contribution in [3.63, 3.8) is 0 Å². The quantitative estimate of drug-likeness (QED) is 0.309. The number of unbranched alkanes of at least 4 members (excludes halogenated alkanes) is 3. The van der Waals surface area contributed by atoms with Crippen LogP contribution in [0.5, 0.6) is 0 Å². The molecule has 0 radical (unpaired) electrons. The molecule has 2 unspecified atom stereocenters. The van der Waals surface area contributed by atoms with Crippen LogP contribution in [0.4, 0.5) is 0 Å². The number of rotatable bonds is 10. The number of benzene rings is 1. The summed E-state index contributed by atoms with van der Waals surface area (Å²) in [6.45, 7) is 0. The summed E-state index contributed by atoms with van der Waals surface area (Å²) in [7, 11) is 0. The Hall–Kier alpha value is -1.65. The molecule has 1 aromatic rings. The number of carbonyl (C=O) groups excluding carboxylic acids is 2. The van der Waals surface area contributed by atoms with Gasteiger partial charge in [-0.3, -0.25) is 14.4 Å². The average molecular weight is 411 g/mol. The third-order valence-electron chi connectivity index (χ3n) is 5.15. The molecule has 0 heterocycles. The molecular weight excluding hydrogens is 387 g/mol. The second kappa shape index (κ2) is 10.6. The Morgan fingerprint density at radius 3 is 2.59 bits per heavy atom. The second-order valence-electron chi connectivity index (χ2n) is 6.95. The maximum absolute atomic E-state index is 12.4. The fraction of sp³-hybridized carbons (Fsp3) is 0.476. The van der Waals surface area contributed by atoms with Crippen molar-refractivity contribution in [2.24, 2.45) is 11.8 Å². The number of halogens is 2. The Kier molecular flexibility index (Phi) is 8.52. The van der Waals surface area contributed by atoms with Crippen molar-refractivity contribution in [1.29, 1.82) is 0 Å². The van der Waals surface area contributed by atoms with Gasteiger partial charge in [0.15, 0.2) is 0 Å². The van der Waals surface area contributed by atoms with Crippen LogP contribution in [0.2, 0.25) is 10.0 Å². The van der Waals surface area contributed by atoms with Crippen LogP contribution in [-0.2, 0) is 14.4 Å². The maximum atomic E-state index is 12.4. The topological polar surface area (TPSA) is 71.4 Å². The number of aldehydes is 1. The number of carboxylic acids is 1. The number of carbonyl (C=O) groups is 3. The molecule has 4 nitrogen and oxygen atoms in total. The zero-order valence-electron chi connectivity index (χ0n) is 15.1. The number of hydrogen-bond acceptors (Lipinski definition) is 3. The van der Waals surface area contributed by atoms with E-state index in [0.717, 1.165) is 43.1 Å². The van der Waals surface area contributed by atoms with E-state index < -0.39 is 5.97 Å². The molecule has 0 bridgehead atoms. The Balaban J connectivity index is 2.06. The largest absolute Gasteiger partial charge is 0.481 e. The van der Waals surface area contributed by atoms with Gasteiger partial charge in [0.2, 0.25) is 0 Å². The fourth-order valence-corrected chi connectivity index (χ4v) is 4.36. The lowest BCUT2D eigenvalue weighted by atomic mass is 9.81. The van der Waals surface area contributed by atoms with E-state index in [2.05, 4.69) is 0 Å². The van der Waals surface area contributed by atoms with Crippen molar-refractivity contribution < 1.29 is 19.5 Å². The van der Waals surface area contributed by atoms with Gasteiger partial charge in [-0.15, -0.1) is 0 Å².